The minimum absolute atomic E-state index is 0.00309. The molecule has 5 heteroatoms. The van der Waals surface area contributed by atoms with Crippen molar-refractivity contribution in [3.63, 3.8) is 0 Å². The number of aromatic hydroxyl groups is 1. The summed E-state index contributed by atoms with van der Waals surface area (Å²) in [6, 6.07) is 8.32. The van der Waals surface area contributed by atoms with Gasteiger partial charge in [0.15, 0.2) is 0 Å². The number of phenolic OH excluding ortho intramolecular Hbond substituents is 1. The number of phenols is 1. The molecule has 16 heavy (non-hydrogen) atoms. The van der Waals surface area contributed by atoms with Crippen LogP contribution < -0.4 is 4.74 Å². The van der Waals surface area contributed by atoms with E-state index in [-0.39, 0.29) is 11.5 Å². The lowest BCUT2D eigenvalue weighted by molar-refractivity contribution is -0.274. The van der Waals surface area contributed by atoms with Crippen LogP contribution in [0.3, 0.4) is 0 Å². The summed E-state index contributed by atoms with van der Waals surface area (Å²) in [4.78, 5) is 0. The Morgan fingerprint density at radius 1 is 1.06 bits per heavy atom. The predicted molar refractivity (Wildman–Crippen MR) is 52.3 cm³/mol. The van der Waals surface area contributed by atoms with Crippen molar-refractivity contribution in [1.29, 1.82) is 0 Å². The van der Waals surface area contributed by atoms with Crippen molar-refractivity contribution in [2.45, 2.75) is 6.36 Å². The molecule has 0 aliphatic heterocycles. The minimum atomic E-state index is -4.72. The molecule has 0 aliphatic carbocycles. The predicted octanol–water partition coefficient (Wildman–Crippen LogP) is 3.44. The number of hydrogen-bond acceptors (Lipinski definition) is 2. The molecule has 0 unspecified atom stereocenters. The molecule has 0 amide bonds. The Kier molecular flexibility index (Phi) is 2.38. The molecule has 0 radical (unpaired) electrons. The van der Waals surface area contributed by atoms with Gasteiger partial charge in [-0.3, -0.25) is 0 Å². The molecule has 0 heterocycles. The topological polar surface area (TPSA) is 29.5 Å². The van der Waals surface area contributed by atoms with Crippen LogP contribution in [0.4, 0.5) is 13.2 Å². The van der Waals surface area contributed by atoms with Crippen molar-refractivity contribution in [2.24, 2.45) is 0 Å². The molecule has 0 spiro atoms. The zero-order valence-electron chi connectivity index (χ0n) is 7.95. The number of hydrogen-bond donors (Lipinski definition) is 1. The van der Waals surface area contributed by atoms with E-state index in [1.54, 1.807) is 6.07 Å². The second kappa shape index (κ2) is 3.59. The number of fused-ring (bicyclic) bond motifs is 1. The van der Waals surface area contributed by atoms with Crippen LogP contribution in [-0.2, 0) is 0 Å². The molecule has 2 nitrogen and oxygen atoms in total. The van der Waals surface area contributed by atoms with Gasteiger partial charge in [0.2, 0.25) is 0 Å². The maximum Gasteiger partial charge on any atom is 0.573 e. The van der Waals surface area contributed by atoms with Gasteiger partial charge < -0.3 is 9.84 Å². The largest absolute Gasteiger partial charge is 0.573 e. The number of ether oxygens (including phenoxy) is 1. The van der Waals surface area contributed by atoms with E-state index in [2.05, 4.69) is 4.74 Å². The van der Waals surface area contributed by atoms with Gasteiger partial charge in [0.05, 0.1) is 0 Å². The highest BCUT2D eigenvalue weighted by atomic mass is 19.4. The minimum Gasteiger partial charge on any atom is -0.508 e. The van der Waals surface area contributed by atoms with Gasteiger partial charge in [-0.1, -0.05) is 12.1 Å². The average molecular weight is 228 g/mol. The van der Waals surface area contributed by atoms with E-state index >= 15 is 0 Å². The third-order valence-electron chi connectivity index (χ3n) is 2.05. The van der Waals surface area contributed by atoms with Gasteiger partial charge in [-0.15, -0.1) is 13.2 Å². The van der Waals surface area contributed by atoms with E-state index in [1.807, 2.05) is 0 Å². The lowest BCUT2D eigenvalue weighted by Crippen LogP contribution is -2.17. The van der Waals surface area contributed by atoms with Gasteiger partial charge in [0, 0.05) is 5.39 Å². The molecule has 0 saturated carbocycles. The summed E-state index contributed by atoms with van der Waals surface area (Å²) in [7, 11) is 0. The lowest BCUT2D eigenvalue weighted by atomic mass is 10.1. The maximum absolute atomic E-state index is 12.1. The zero-order valence-corrected chi connectivity index (χ0v) is 7.95. The van der Waals surface area contributed by atoms with Crippen molar-refractivity contribution in [2.75, 3.05) is 0 Å². The van der Waals surface area contributed by atoms with Crippen molar-refractivity contribution < 1.29 is 23.0 Å². The Balaban J connectivity index is 2.54. The van der Waals surface area contributed by atoms with Crippen LogP contribution in [0.5, 0.6) is 11.5 Å². The van der Waals surface area contributed by atoms with E-state index in [1.165, 1.54) is 30.3 Å². The van der Waals surface area contributed by atoms with E-state index in [9.17, 15) is 18.3 Å². The molecule has 0 aliphatic rings. The fourth-order valence-corrected chi connectivity index (χ4v) is 1.46. The fourth-order valence-electron chi connectivity index (χ4n) is 1.46. The Hall–Kier alpha value is -1.91. The summed E-state index contributed by atoms with van der Waals surface area (Å²) >= 11 is 0. The molecule has 2 rings (SSSR count). The molecule has 84 valence electrons. The Morgan fingerprint density at radius 3 is 2.50 bits per heavy atom. The van der Waals surface area contributed by atoms with Crippen LogP contribution in [0.1, 0.15) is 0 Å². The zero-order chi connectivity index (χ0) is 11.8. The third kappa shape index (κ3) is 2.18. The second-order valence-corrected chi connectivity index (χ2v) is 3.21. The van der Waals surface area contributed by atoms with Crippen LogP contribution >= 0.6 is 0 Å². The molecule has 1 N–H and O–H groups in total. The normalized spacial score (nSPS) is 11.7. The first-order chi connectivity index (χ1) is 7.46. The van der Waals surface area contributed by atoms with Crippen molar-refractivity contribution in [3.05, 3.63) is 36.4 Å². The fraction of sp³-hybridized carbons (Fsp3) is 0.0909. The van der Waals surface area contributed by atoms with Crippen molar-refractivity contribution in [3.8, 4) is 11.5 Å². The highest BCUT2D eigenvalue weighted by molar-refractivity contribution is 5.89. The van der Waals surface area contributed by atoms with Crippen molar-refractivity contribution >= 4 is 10.8 Å². The highest BCUT2D eigenvalue weighted by Crippen LogP contribution is 2.31. The number of alkyl halides is 3. The molecule has 2 aromatic carbocycles. The Labute approximate surface area is 88.9 Å². The average Bonchev–Trinajstić information content (AvgIpc) is 2.15. The van der Waals surface area contributed by atoms with Gasteiger partial charge in [-0.2, -0.15) is 0 Å². The van der Waals surface area contributed by atoms with Crippen LogP contribution in [-0.4, -0.2) is 11.5 Å². The number of benzene rings is 2. The molecule has 2 aromatic rings. The number of halogens is 3. The standard InChI is InChI=1S/C11H7F3O2/c12-11(13,14)16-10-3-1-2-7-6-8(15)4-5-9(7)10/h1-6,15H. The first kappa shape index (κ1) is 10.6. The SMILES string of the molecule is Oc1ccc2c(OC(F)(F)F)cccc2c1. The van der Waals surface area contributed by atoms with Crippen LogP contribution in [0.15, 0.2) is 36.4 Å². The Morgan fingerprint density at radius 2 is 1.81 bits per heavy atom. The van der Waals surface area contributed by atoms with Gasteiger partial charge in [-0.25, -0.2) is 0 Å². The molecular weight excluding hydrogens is 221 g/mol. The van der Waals surface area contributed by atoms with Crippen LogP contribution in [0.2, 0.25) is 0 Å². The first-order valence-electron chi connectivity index (χ1n) is 4.43. The van der Waals surface area contributed by atoms with Crippen LogP contribution in [0, 0.1) is 0 Å². The summed E-state index contributed by atoms with van der Waals surface area (Å²) in [5.74, 6) is -0.276. The van der Waals surface area contributed by atoms with Crippen LogP contribution in [0.25, 0.3) is 10.8 Å². The highest BCUT2D eigenvalue weighted by Gasteiger charge is 2.31. The van der Waals surface area contributed by atoms with Crippen molar-refractivity contribution in [1.82, 2.24) is 0 Å². The van der Waals surface area contributed by atoms with E-state index < -0.39 is 6.36 Å². The summed E-state index contributed by atoms with van der Waals surface area (Å²) in [5, 5.41) is 9.98. The smallest absolute Gasteiger partial charge is 0.508 e. The molecule has 0 saturated heterocycles. The summed E-state index contributed by atoms with van der Waals surface area (Å²) in [5.41, 5.74) is 0. The monoisotopic (exact) mass is 228 g/mol. The molecular formula is C11H7F3O2. The van der Waals surface area contributed by atoms with E-state index in [4.69, 9.17) is 0 Å². The molecule has 0 atom stereocenters. The first-order valence-corrected chi connectivity index (χ1v) is 4.43. The third-order valence-corrected chi connectivity index (χ3v) is 2.05. The van der Waals surface area contributed by atoms with Gasteiger partial charge in [0.25, 0.3) is 0 Å². The van der Waals surface area contributed by atoms with E-state index in [0.29, 0.717) is 10.8 Å². The summed E-state index contributed by atoms with van der Waals surface area (Å²) in [6.45, 7) is 0. The summed E-state index contributed by atoms with van der Waals surface area (Å²) in [6.07, 6.45) is -4.72. The quantitative estimate of drug-likeness (QED) is 0.810. The molecule has 0 aromatic heterocycles. The summed E-state index contributed by atoms with van der Waals surface area (Å²) < 4.78 is 40.1. The maximum atomic E-state index is 12.1. The van der Waals surface area contributed by atoms with E-state index in [0.717, 1.165) is 0 Å². The Bertz CT molecular complexity index is 520. The van der Waals surface area contributed by atoms with Gasteiger partial charge >= 0.3 is 6.36 Å². The second-order valence-electron chi connectivity index (χ2n) is 3.21. The lowest BCUT2D eigenvalue weighted by Gasteiger charge is -2.11. The van der Waals surface area contributed by atoms with Gasteiger partial charge in [0.1, 0.15) is 11.5 Å². The van der Waals surface area contributed by atoms with Gasteiger partial charge in [-0.05, 0) is 29.7 Å². The molecule has 0 fully saturated rings. The number of rotatable bonds is 1. The molecule has 0 bridgehead atoms.